The van der Waals surface area contributed by atoms with E-state index in [4.69, 9.17) is 9.84 Å². The molecule has 1 fully saturated rings. The molecule has 3 aromatic heterocycles. The largest absolute Gasteiger partial charge is 0.480 e. The SMILES string of the molecule is CS(C)(C)CCOC(=O)N[C@@H](CSC1CC(=O)N(CC(=O)NCCCCCCn2nc(-c3ccc(NC(=O)N4Cc5ccncc5C4)cc3)cc(-c3cccc4ncccc34)c2=O)C1=O)C(=O)O. The molecule has 0 bridgehead atoms. The van der Waals surface area contributed by atoms with Gasteiger partial charge in [-0.2, -0.15) is 5.10 Å². The number of carbonyl (C=O) groups excluding carboxylic acids is 5. The number of anilines is 1. The number of carboxylic acids is 1. The number of pyridine rings is 2. The summed E-state index contributed by atoms with van der Waals surface area (Å²) < 4.78 is 6.60. The Hall–Kier alpha value is -6.80. The lowest BCUT2D eigenvalue weighted by Gasteiger charge is -2.24. The number of hydrogen-bond acceptors (Lipinski definition) is 12. The lowest BCUT2D eigenvalue weighted by atomic mass is 10.00. The zero-order chi connectivity index (χ0) is 48.4. The van der Waals surface area contributed by atoms with Crippen LogP contribution in [0, 0.1) is 0 Å². The maximum absolute atomic E-state index is 14.1. The number of aromatic nitrogens is 4. The number of likely N-dealkylation sites (tertiary alicyclic amines) is 1. The number of ether oxygens (including phenoxy) is 1. The van der Waals surface area contributed by atoms with Crippen LogP contribution in [0.3, 0.4) is 0 Å². The van der Waals surface area contributed by atoms with Crippen LogP contribution in [0.15, 0.2) is 90.1 Å². The third-order valence-corrected chi connectivity index (χ3v) is 14.2. The number of fused-ring (bicyclic) bond motifs is 2. The van der Waals surface area contributed by atoms with Crippen molar-refractivity contribution in [3.63, 3.8) is 0 Å². The van der Waals surface area contributed by atoms with Crippen LogP contribution < -0.4 is 21.5 Å². The molecule has 6 amide bonds. The summed E-state index contributed by atoms with van der Waals surface area (Å²) >= 11 is 0.931. The van der Waals surface area contributed by atoms with Crippen molar-refractivity contribution in [1.82, 2.24) is 40.2 Å². The summed E-state index contributed by atoms with van der Waals surface area (Å²) in [6.45, 7) is 1.32. The van der Waals surface area contributed by atoms with Gasteiger partial charge in [-0.05, 0) is 84.7 Å². The van der Waals surface area contributed by atoms with E-state index in [1.165, 1.54) is 4.68 Å². The van der Waals surface area contributed by atoms with Crippen LogP contribution in [0.4, 0.5) is 15.3 Å². The predicted octanol–water partition coefficient (Wildman–Crippen LogP) is 5.48. The molecule has 68 heavy (non-hydrogen) atoms. The molecule has 20 heteroatoms. The van der Waals surface area contributed by atoms with E-state index in [9.17, 15) is 38.7 Å². The van der Waals surface area contributed by atoms with Crippen molar-refractivity contribution in [2.75, 3.05) is 55.3 Å². The fourth-order valence-electron chi connectivity index (χ4n) is 7.73. The number of carbonyl (C=O) groups is 6. The molecule has 2 aliphatic rings. The van der Waals surface area contributed by atoms with Gasteiger partial charge in [0, 0.05) is 79.3 Å². The van der Waals surface area contributed by atoms with Crippen molar-refractivity contribution in [1.29, 1.82) is 0 Å². The number of alkyl carbamates (subject to hydrolysis) is 1. The fourth-order valence-corrected chi connectivity index (χ4v) is 9.49. The van der Waals surface area contributed by atoms with Gasteiger partial charge < -0.3 is 30.7 Å². The Morgan fingerprint density at radius 2 is 1.69 bits per heavy atom. The summed E-state index contributed by atoms with van der Waals surface area (Å²) in [6.07, 6.45) is 13.0. The Kier molecular flexibility index (Phi) is 16.1. The predicted molar refractivity (Wildman–Crippen MR) is 262 cm³/mol. The minimum atomic E-state index is -1.34. The van der Waals surface area contributed by atoms with Gasteiger partial charge in [-0.3, -0.25) is 34.0 Å². The summed E-state index contributed by atoms with van der Waals surface area (Å²) in [5.74, 6) is -2.45. The number of aryl methyl sites for hydroxylation is 1. The summed E-state index contributed by atoms with van der Waals surface area (Å²) in [5.41, 5.74) is 5.76. The van der Waals surface area contributed by atoms with Gasteiger partial charge in [0.25, 0.3) is 5.56 Å². The Balaban J connectivity index is 0.897. The molecular weight excluding hydrogens is 911 g/mol. The Bertz CT molecular complexity index is 2720. The van der Waals surface area contributed by atoms with E-state index >= 15 is 0 Å². The van der Waals surface area contributed by atoms with Crippen LogP contribution in [0.25, 0.3) is 33.3 Å². The molecule has 5 aromatic rings. The minimum Gasteiger partial charge on any atom is -0.480 e. The van der Waals surface area contributed by atoms with Gasteiger partial charge in [-0.15, -0.1) is 11.8 Å². The highest BCUT2D eigenvalue weighted by Crippen LogP contribution is 2.34. The molecule has 5 heterocycles. The number of thioether (sulfide) groups is 1. The molecule has 2 aromatic carbocycles. The lowest BCUT2D eigenvalue weighted by Crippen LogP contribution is -2.44. The van der Waals surface area contributed by atoms with Crippen LogP contribution in [0.1, 0.15) is 43.2 Å². The van der Waals surface area contributed by atoms with Crippen LogP contribution in [-0.4, -0.2) is 132 Å². The molecule has 7 rings (SSSR count). The first-order valence-electron chi connectivity index (χ1n) is 22.2. The first-order chi connectivity index (χ1) is 32.6. The fraction of sp³-hybridized carbons (Fsp3) is 0.375. The number of urea groups is 1. The Morgan fingerprint density at radius 3 is 2.46 bits per heavy atom. The molecule has 18 nitrogen and oxygen atoms in total. The summed E-state index contributed by atoms with van der Waals surface area (Å²) in [4.78, 5) is 101. The number of unbranched alkanes of at least 4 members (excludes halogenated alkanes) is 3. The number of aliphatic carboxylic acids is 1. The van der Waals surface area contributed by atoms with Gasteiger partial charge in [0.05, 0.1) is 22.0 Å². The van der Waals surface area contributed by atoms with Crippen molar-refractivity contribution < 1.29 is 38.6 Å². The van der Waals surface area contributed by atoms with Gasteiger partial charge in [0.2, 0.25) is 17.7 Å². The van der Waals surface area contributed by atoms with Crippen molar-refractivity contribution in [2.24, 2.45) is 0 Å². The van der Waals surface area contributed by atoms with E-state index in [0.29, 0.717) is 68.1 Å². The van der Waals surface area contributed by atoms with E-state index in [1.54, 1.807) is 29.6 Å². The molecule has 1 saturated heterocycles. The average Bonchev–Trinajstić information content (AvgIpc) is 3.87. The quantitative estimate of drug-likeness (QED) is 0.0560. The van der Waals surface area contributed by atoms with Crippen LogP contribution >= 0.6 is 21.8 Å². The van der Waals surface area contributed by atoms with Crippen molar-refractivity contribution in [3.05, 3.63) is 107 Å². The molecule has 0 saturated carbocycles. The second-order valence-corrected chi connectivity index (χ2v) is 23.3. The molecule has 4 N–H and O–H groups in total. The number of nitrogens with one attached hydrogen (secondary N) is 3. The van der Waals surface area contributed by atoms with Gasteiger partial charge >= 0.3 is 18.1 Å². The topological polar surface area (TPSA) is 235 Å². The first kappa shape index (κ1) is 49.1. The molecule has 0 aliphatic carbocycles. The van der Waals surface area contributed by atoms with Crippen molar-refractivity contribution >= 4 is 74.2 Å². The number of benzene rings is 2. The van der Waals surface area contributed by atoms with E-state index in [0.717, 1.165) is 56.2 Å². The molecular formula is C48H55N9O9S2. The van der Waals surface area contributed by atoms with E-state index in [2.05, 4.69) is 44.7 Å². The second kappa shape index (κ2) is 22.3. The monoisotopic (exact) mass is 965 g/mol. The smallest absolute Gasteiger partial charge is 0.407 e. The van der Waals surface area contributed by atoms with Gasteiger partial charge in [0.15, 0.2) is 0 Å². The second-order valence-electron chi connectivity index (χ2n) is 17.4. The van der Waals surface area contributed by atoms with Gasteiger partial charge in [0.1, 0.15) is 19.2 Å². The number of rotatable bonds is 20. The Morgan fingerprint density at radius 1 is 0.912 bits per heavy atom. The van der Waals surface area contributed by atoms with E-state index in [-0.39, 0.29) is 30.4 Å². The molecule has 2 aliphatic heterocycles. The molecule has 358 valence electrons. The third kappa shape index (κ3) is 12.8. The molecule has 1 unspecified atom stereocenters. The number of imide groups is 1. The summed E-state index contributed by atoms with van der Waals surface area (Å²) in [5, 5.41) is 22.4. The minimum absolute atomic E-state index is 0.150. The van der Waals surface area contributed by atoms with Gasteiger partial charge in [-0.25, -0.2) is 29.1 Å². The highest BCUT2D eigenvalue weighted by Gasteiger charge is 2.40. The highest BCUT2D eigenvalue weighted by atomic mass is 32.3. The maximum atomic E-state index is 14.1. The number of amides is 6. The number of hydrogen-bond donors (Lipinski definition) is 4. The zero-order valence-corrected chi connectivity index (χ0v) is 39.8. The molecule has 0 radical (unpaired) electrons. The standard InChI is InChI=1S/C48H55N9O9S2/c1-68(2,3)23-22-66-48(65)53-40(46(62)63)30-67-41-25-43(59)56(45(41)61)29-42(58)51-18-6-4-5-7-21-57-44(60)37(35-10-8-12-38-36(35)11-9-19-50-38)24-39(54-57)31-13-15-34(16-14-31)52-47(64)55-27-32-17-20-49-26-33(32)28-55/h8-17,19-20,24,26,40-41H,4-7,18,21-23,25,27-30H2,1-3H3,(H,51,58)(H,52,64)(H,53,65)(H,62,63)/t40-,41?/m0/s1. The van der Waals surface area contributed by atoms with E-state index in [1.807, 2.05) is 60.7 Å². The van der Waals surface area contributed by atoms with Crippen LogP contribution in [-0.2, 0) is 43.5 Å². The zero-order valence-electron chi connectivity index (χ0n) is 38.1. The average molecular weight is 966 g/mol. The third-order valence-electron chi connectivity index (χ3n) is 11.5. The summed E-state index contributed by atoms with van der Waals surface area (Å²) in [6, 6.07) is 18.9. The van der Waals surface area contributed by atoms with Crippen LogP contribution in [0.5, 0.6) is 0 Å². The van der Waals surface area contributed by atoms with Crippen molar-refractivity contribution in [3.8, 4) is 22.4 Å². The Labute approximate surface area is 398 Å². The number of carboxylic acid groups (broad SMARTS) is 1. The number of nitrogens with zero attached hydrogens (tertiary/aromatic N) is 6. The normalized spacial score (nSPS) is 15.2. The van der Waals surface area contributed by atoms with Crippen molar-refractivity contribution in [2.45, 2.75) is 63.0 Å². The lowest BCUT2D eigenvalue weighted by molar-refractivity contribution is -0.142. The molecule has 2 atom stereocenters. The van der Waals surface area contributed by atoms with Crippen LogP contribution in [0.2, 0.25) is 0 Å². The highest BCUT2D eigenvalue weighted by molar-refractivity contribution is 8.32. The maximum Gasteiger partial charge on any atom is 0.407 e. The first-order valence-corrected chi connectivity index (χ1v) is 26.3. The van der Waals surface area contributed by atoms with E-state index < -0.39 is 57.6 Å². The van der Waals surface area contributed by atoms with Gasteiger partial charge in [-0.1, -0.05) is 43.2 Å². The summed E-state index contributed by atoms with van der Waals surface area (Å²) in [7, 11) is -0.910. The molecule has 0 spiro atoms.